The van der Waals surface area contributed by atoms with Crippen LogP contribution in [0.5, 0.6) is 0 Å². The summed E-state index contributed by atoms with van der Waals surface area (Å²) in [5.41, 5.74) is 2.19. The van der Waals surface area contributed by atoms with Gasteiger partial charge in [-0.05, 0) is 48.6 Å². The fraction of sp³-hybridized carbons (Fsp3) is 0.350. The number of nitrogens with one attached hydrogen (secondary N) is 2. The fourth-order valence-corrected chi connectivity index (χ4v) is 2.97. The summed E-state index contributed by atoms with van der Waals surface area (Å²) in [6.07, 6.45) is 5.55. The average molecular weight is 353 g/mol. The number of amides is 2. The highest BCUT2D eigenvalue weighted by molar-refractivity contribution is 5.94. The van der Waals surface area contributed by atoms with E-state index in [9.17, 15) is 9.59 Å². The van der Waals surface area contributed by atoms with Gasteiger partial charge in [0.25, 0.3) is 5.91 Å². The van der Waals surface area contributed by atoms with Crippen LogP contribution in [0, 0.1) is 5.92 Å². The van der Waals surface area contributed by atoms with E-state index >= 15 is 0 Å². The normalized spacial score (nSPS) is 14.6. The molecule has 6 nitrogen and oxygen atoms in total. The van der Waals surface area contributed by atoms with E-state index in [0.29, 0.717) is 24.4 Å². The van der Waals surface area contributed by atoms with Gasteiger partial charge in [0.2, 0.25) is 5.91 Å². The molecule has 2 aromatic rings. The Morgan fingerprint density at radius 2 is 2.00 bits per heavy atom. The van der Waals surface area contributed by atoms with E-state index in [1.165, 1.54) is 6.20 Å². The molecule has 1 aromatic heterocycles. The molecule has 0 spiro atoms. The van der Waals surface area contributed by atoms with Gasteiger partial charge in [-0.2, -0.15) is 0 Å². The van der Waals surface area contributed by atoms with Crippen molar-refractivity contribution in [3.05, 3.63) is 59.9 Å². The first-order chi connectivity index (χ1) is 12.7. The molecule has 3 rings (SSSR count). The Kier molecular flexibility index (Phi) is 6.33. The quantitative estimate of drug-likeness (QED) is 0.837. The van der Waals surface area contributed by atoms with Crippen LogP contribution >= 0.6 is 0 Å². The number of nitrogens with zero attached hydrogens (tertiary/aromatic N) is 1. The zero-order chi connectivity index (χ0) is 18.2. The van der Waals surface area contributed by atoms with Crippen LogP contribution in [0.2, 0.25) is 0 Å². The molecule has 6 heteroatoms. The first-order valence-electron chi connectivity index (χ1n) is 8.85. The van der Waals surface area contributed by atoms with Crippen LogP contribution in [-0.4, -0.2) is 30.0 Å². The van der Waals surface area contributed by atoms with Crippen LogP contribution in [-0.2, 0) is 16.1 Å². The fourth-order valence-electron chi connectivity index (χ4n) is 2.97. The molecule has 2 N–H and O–H groups in total. The number of anilines is 1. The molecule has 0 unspecified atom stereocenters. The van der Waals surface area contributed by atoms with E-state index in [0.717, 1.165) is 37.3 Å². The molecular formula is C20H23N3O3. The van der Waals surface area contributed by atoms with Gasteiger partial charge in [0.15, 0.2) is 0 Å². The monoisotopic (exact) mass is 353 g/mol. The molecule has 1 aliphatic rings. The second-order valence-electron chi connectivity index (χ2n) is 6.43. The SMILES string of the molecule is O=C(CC1CCOCC1)Nc1cccc(CNC(=O)c2cccnc2)c1. The van der Waals surface area contributed by atoms with Gasteiger partial charge in [-0.3, -0.25) is 14.6 Å². The maximum atomic E-state index is 12.2. The summed E-state index contributed by atoms with van der Waals surface area (Å²) in [4.78, 5) is 28.2. The standard InChI is InChI=1S/C20H23N3O3/c24-19(12-15-6-9-26-10-7-15)23-18-5-1-3-16(11-18)13-22-20(25)17-4-2-8-21-14-17/h1-5,8,11,14-15H,6-7,9-10,12-13H2,(H,22,25)(H,23,24). The molecule has 2 amide bonds. The molecule has 0 atom stereocenters. The van der Waals surface area contributed by atoms with Crippen LogP contribution in [0.1, 0.15) is 35.2 Å². The van der Waals surface area contributed by atoms with Gasteiger partial charge >= 0.3 is 0 Å². The van der Waals surface area contributed by atoms with E-state index in [1.54, 1.807) is 18.3 Å². The largest absolute Gasteiger partial charge is 0.381 e. The molecular weight excluding hydrogens is 330 g/mol. The Labute approximate surface area is 153 Å². The van der Waals surface area contributed by atoms with Crippen LogP contribution in [0.3, 0.4) is 0 Å². The average Bonchev–Trinajstić information content (AvgIpc) is 2.68. The number of hydrogen-bond acceptors (Lipinski definition) is 4. The van der Waals surface area contributed by atoms with E-state index in [1.807, 2.05) is 24.3 Å². The van der Waals surface area contributed by atoms with Crippen molar-refractivity contribution in [2.45, 2.75) is 25.8 Å². The lowest BCUT2D eigenvalue weighted by atomic mass is 9.96. The van der Waals surface area contributed by atoms with E-state index in [2.05, 4.69) is 15.6 Å². The van der Waals surface area contributed by atoms with Crippen LogP contribution in [0.25, 0.3) is 0 Å². The second-order valence-corrected chi connectivity index (χ2v) is 6.43. The maximum absolute atomic E-state index is 12.2. The molecule has 0 aliphatic carbocycles. The van der Waals surface area contributed by atoms with E-state index < -0.39 is 0 Å². The highest BCUT2D eigenvalue weighted by Crippen LogP contribution is 2.19. The zero-order valence-electron chi connectivity index (χ0n) is 14.6. The van der Waals surface area contributed by atoms with Crippen molar-refractivity contribution in [1.29, 1.82) is 0 Å². The van der Waals surface area contributed by atoms with Gasteiger partial charge < -0.3 is 15.4 Å². The van der Waals surface area contributed by atoms with Gasteiger partial charge in [0.1, 0.15) is 0 Å². The highest BCUT2D eigenvalue weighted by atomic mass is 16.5. The molecule has 1 aromatic carbocycles. The number of carbonyl (C=O) groups excluding carboxylic acids is 2. The van der Waals surface area contributed by atoms with Crippen molar-refractivity contribution in [3.8, 4) is 0 Å². The Bertz CT molecular complexity index is 743. The van der Waals surface area contributed by atoms with Gasteiger partial charge in [0, 0.05) is 44.3 Å². The number of aromatic nitrogens is 1. The molecule has 1 saturated heterocycles. The number of rotatable bonds is 6. The molecule has 0 bridgehead atoms. The van der Waals surface area contributed by atoms with Gasteiger partial charge in [-0.25, -0.2) is 0 Å². The Hall–Kier alpha value is -2.73. The number of carbonyl (C=O) groups is 2. The third-order valence-electron chi connectivity index (χ3n) is 4.40. The van der Waals surface area contributed by atoms with Gasteiger partial charge in [-0.1, -0.05) is 12.1 Å². The summed E-state index contributed by atoms with van der Waals surface area (Å²) in [6, 6.07) is 11.0. The van der Waals surface area contributed by atoms with Gasteiger partial charge in [0.05, 0.1) is 5.56 Å². The lowest BCUT2D eigenvalue weighted by Gasteiger charge is -2.21. The molecule has 1 fully saturated rings. The Morgan fingerprint density at radius 3 is 2.77 bits per heavy atom. The van der Waals surface area contributed by atoms with Crippen molar-refractivity contribution in [1.82, 2.24) is 10.3 Å². The second kappa shape index (κ2) is 9.10. The third kappa shape index (κ3) is 5.39. The lowest BCUT2D eigenvalue weighted by Crippen LogP contribution is -2.23. The van der Waals surface area contributed by atoms with E-state index in [4.69, 9.17) is 4.74 Å². The van der Waals surface area contributed by atoms with Gasteiger partial charge in [-0.15, -0.1) is 0 Å². The first kappa shape index (κ1) is 18.1. The minimum Gasteiger partial charge on any atom is -0.381 e. The zero-order valence-corrected chi connectivity index (χ0v) is 14.6. The van der Waals surface area contributed by atoms with E-state index in [-0.39, 0.29) is 11.8 Å². The van der Waals surface area contributed by atoms with Crippen molar-refractivity contribution < 1.29 is 14.3 Å². The summed E-state index contributed by atoms with van der Waals surface area (Å²) in [7, 11) is 0. The van der Waals surface area contributed by atoms with Crippen LogP contribution in [0.4, 0.5) is 5.69 Å². The number of hydrogen-bond donors (Lipinski definition) is 2. The predicted molar refractivity (Wildman–Crippen MR) is 98.6 cm³/mol. The molecule has 0 radical (unpaired) electrons. The van der Waals surface area contributed by atoms with Crippen molar-refractivity contribution in [2.24, 2.45) is 5.92 Å². The summed E-state index contributed by atoms with van der Waals surface area (Å²) in [6.45, 7) is 1.87. The van der Waals surface area contributed by atoms with Crippen molar-refractivity contribution >= 4 is 17.5 Å². The lowest BCUT2D eigenvalue weighted by molar-refractivity contribution is -0.117. The number of ether oxygens (including phenoxy) is 1. The number of benzene rings is 1. The smallest absolute Gasteiger partial charge is 0.253 e. The molecule has 26 heavy (non-hydrogen) atoms. The summed E-state index contributed by atoms with van der Waals surface area (Å²) < 4.78 is 5.32. The third-order valence-corrected chi connectivity index (χ3v) is 4.40. The van der Waals surface area contributed by atoms with Crippen LogP contribution < -0.4 is 10.6 Å². The topological polar surface area (TPSA) is 80.3 Å². The first-order valence-corrected chi connectivity index (χ1v) is 8.85. The van der Waals surface area contributed by atoms with Crippen LogP contribution in [0.15, 0.2) is 48.8 Å². The highest BCUT2D eigenvalue weighted by Gasteiger charge is 2.17. The predicted octanol–water partition coefficient (Wildman–Crippen LogP) is 2.77. The van der Waals surface area contributed by atoms with Crippen molar-refractivity contribution in [2.75, 3.05) is 18.5 Å². The molecule has 1 aliphatic heterocycles. The minimum atomic E-state index is -0.174. The van der Waals surface area contributed by atoms with Crippen molar-refractivity contribution in [3.63, 3.8) is 0 Å². The number of pyridine rings is 1. The molecule has 0 saturated carbocycles. The minimum absolute atomic E-state index is 0.0217. The molecule has 2 heterocycles. The molecule has 136 valence electrons. The summed E-state index contributed by atoms with van der Waals surface area (Å²) in [5.74, 6) is 0.242. The summed E-state index contributed by atoms with van der Waals surface area (Å²) in [5, 5.41) is 5.80. The summed E-state index contributed by atoms with van der Waals surface area (Å²) >= 11 is 0. The Balaban J connectivity index is 1.51. The Morgan fingerprint density at radius 1 is 1.15 bits per heavy atom. The maximum Gasteiger partial charge on any atom is 0.253 e.